The second-order valence-electron chi connectivity index (χ2n) is 8.68. The van der Waals surface area contributed by atoms with Crippen molar-refractivity contribution >= 4 is 23.4 Å². The molecule has 1 aromatic rings. The predicted molar refractivity (Wildman–Crippen MR) is 106 cm³/mol. The number of amides is 2. The summed E-state index contributed by atoms with van der Waals surface area (Å²) in [5.74, 6) is 0.756. The number of carbonyl (C=O) groups is 2. The molecule has 2 amide bonds. The van der Waals surface area contributed by atoms with E-state index < -0.39 is 11.5 Å². The second-order valence-corrected chi connectivity index (χ2v) is 9.05. The number of benzene rings is 1. The third kappa shape index (κ3) is 4.95. The molecule has 1 aromatic carbocycles. The summed E-state index contributed by atoms with van der Waals surface area (Å²) in [6.07, 6.45) is 4.40. The van der Waals surface area contributed by atoms with Crippen LogP contribution in [0.5, 0.6) is 5.75 Å². The van der Waals surface area contributed by atoms with Gasteiger partial charge < -0.3 is 15.0 Å². The van der Waals surface area contributed by atoms with E-state index in [-0.39, 0.29) is 11.8 Å². The Morgan fingerprint density at radius 3 is 2.52 bits per heavy atom. The Morgan fingerprint density at radius 2 is 1.93 bits per heavy atom. The summed E-state index contributed by atoms with van der Waals surface area (Å²) in [6.45, 7) is 8.02. The fourth-order valence-electron chi connectivity index (χ4n) is 3.27. The minimum absolute atomic E-state index is 0.0226. The lowest BCUT2D eigenvalue weighted by Crippen LogP contribution is -2.54. The van der Waals surface area contributed by atoms with Gasteiger partial charge in [-0.05, 0) is 49.1 Å². The van der Waals surface area contributed by atoms with Gasteiger partial charge in [-0.3, -0.25) is 9.59 Å². The number of halogens is 1. The number of nitrogens with zero attached hydrogens (tertiary/aromatic N) is 1. The third-order valence-electron chi connectivity index (χ3n) is 5.19. The summed E-state index contributed by atoms with van der Waals surface area (Å²) >= 11 is 6.43. The Bertz CT molecular complexity index is 704. The van der Waals surface area contributed by atoms with Crippen LogP contribution in [0, 0.1) is 11.3 Å². The fraction of sp³-hybridized carbons (Fsp3) is 0.619. The molecular weight excluding hydrogens is 364 g/mol. The topological polar surface area (TPSA) is 58.6 Å². The van der Waals surface area contributed by atoms with Gasteiger partial charge in [0.05, 0.1) is 17.2 Å². The molecule has 148 valence electrons. The van der Waals surface area contributed by atoms with E-state index in [0.717, 1.165) is 25.9 Å². The average Bonchev–Trinajstić information content (AvgIpc) is 3.27. The van der Waals surface area contributed by atoms with Crippen LogP contribution in [0.15, 0.2) is 18.2 Å². The molecule has 27 heavy (non-hydrogen) atoms. The van der Waals surface area contributed by atoms with Crippen LogP contribution in [0.2, 0.25) is 5.02 Å². The quantitative estimate of drug-likeness (QED) is 0.798. The predicted octanol–water partition coefficient (Wildman–Crippen LogP) is 3.90. The molecule has 0 radical (unpaired) electrons. The van der Waals surface area contributed by atoms with Gasteiger partial charge >= 0.3 is 0 Å². The molecule has 1 saturated heterocycles. The second kappa shape index (κ2) is 8.09. The molecule has 0 spiro atoms. The maximum atomic E-state index is 12.9. The van der Waals surface area contributed by atoms with Crippen molar-refractivity contribution in [1.29, 1.82) is 0 Å². The number of hydrogen-bond acceptors (Lipinski definition) is 3. The summed E-state index contributed by atoms with van der Waals surface area (Å²) in [5.41, 5.74) is -0.0598. The SMILES string of the molecule is CC(C)(C)[C@H](NC(=O)c1cccc(OCC2CC2)c1Cl)C(=O)N1CCCC1. The van der Waals surface area contributed by atoms with Gasteiger partial charge in [-0.2, -0.15) is 0 Å². The zero-order chi connectivity index (χ0) is 19.6. The van der Waals surface area contributed by atoms with E-state index in [1.165, 1.54) is 12.8 Å². The van der Waals surface area contributed by atoms with E-state index in [0.29, 0.717) is 28.9 Å². The maximum Gasteiger partial charge on any atom is 0.253 e. The highest BCUT2D eigenvalue weighted by molar-refractivity contribution is 6.35. The Morgan fingerprint density at radius 1 is 1.26 bits per heavy atom. The van der Waals surface area contributed by atoms with Crippen molar-refractivity contribution in [1.82, 2.24) is 10.2 Å². The Kier molecular flexibility index (Phi) is 5.99. The molecule has 1 atom stereocenters. The fourth-order valence-corrected chi connectivity index (χ4v) is 3.53. The van der Waals surface area contributed by atoms with Crippen LogP contribution in [-0.4, -0.2) is 42.5 Å². The van der Waals surface area contributed by atoms with Crippen molar-refractivity contribution in [2.45, 2.75) is 52.5 Å². The zero-order valence-corrected chi connectivity index (χ0v) is 17.1. The molecule has 0 unspecified atom stereocenters. The molecule has 0 aromatic heterocycles. The first-order chi connectivity index (χ1) is 12.8. The smallest absolute Gasteiger partial charge is 0.253 e. The molecule has 1 N–H and O–H groups in total. The van der Waals surface area contributed by atoms with Gasteiger partial charge in [0.1, 0.15) is 11.8 Å². The summed E-state index contributed by atoms with van der Waals surface area (Å²) < 4.78 is 5.77. The van der Waals surface area contributed by atoms with Crippen LogP contribution in [0.3, 0.4) is 0 Å². The molecule has 1 aliphatic carbocycles. The van der Waals surface area contributed by atoms with Gasteiger partial charge in [0.2, 0.25) is 5.91 Å². The minimum Gasteiger partial charge on any atom is -0.492 e. The van der Waals surface area contributed by atoms with Gasteiger partial charge in [0, 0.05) is 13.1 Å². The third-order valence-corrected chi connectivity index (χ3v) is 5.58. The Hall–Kier alpha value is -1.75. The van der Waals surface area contributed by atoms with Crippen LogP contribution in [0.25, 0.3) is 0 Å². The molecule has 5 nitrogen and oxygen atoms in total. The van der Waals surface area contributed by atoms with E-state index in [2.05, 4.69) is 5.32 Å². The average molecular weight is 393 g/mol. The van der Waals surface area contributed by atoms with E-state index in [9.17, 15) is 9.59 Å². The first kappa shape index (κ1) is 20.0. The minimum atomic E-state index is -0.602. The summed E-state index contributed by atoms with van der Waals surface area (Å²) in [6, 6.07) is 4.60. The normalized spacial score (nSPS) is 18.3. The zero-order valence-electron chi connectivity index (χ0n) is 16.4. The highest BCUT2D eigenvalue weighted by atomic mass is 35.5. The number of hydrogen-bond donors (Lipinski definition) is 1. The van der Waals surface area contributed by atoms with Gasteiger partial charge in [0.15, 0.2) is 0 Å². The van der Waals surface area contributed by atoms with Crippen LogP contribution in [-0.2, 0) is 4.79 Å². The van der Waals surface area contributed by atoms with Gasteiger partial charge in [-0.15, -0.1) is 0 Å². The lowest BCUT2D eigenvalue weighted by molar-refractivity contribution is -0.134. The molecule has 1 heterocycles. The van der Waals surface area contributed by atoms with E-state index in [1.54, 1.807) is 18.2 Å². The highest BCUT2D eigenvalue weighted by Crippen LogP contribution is 2.33. The lowest BCUT2D eigenvalue weighted by Gasteiger charge is -2.33. The highest BCUT2D eigenvalue weighted by Gasteiger charge is 2.37. The van der Waals surface area contributed by atoms with Crippen LogP contribution < -0.4 is 10.1 Å². The van der Waals surface area contributed by atoms with Crippen molar-refractivity contribution in [2.75, 3.05) is 19.7 Å². The number of carbonyl (C=O) groups excluding carboxylic acids is 2. The molecule has 2 fully saturated rings. The Balaban J connectivity index is 1.74. The number of rotatable bonds is 6. The molecular formula is C21H29ClN2O3. The number of ether oxygens (including phenoxy) is 1. The van der Waals surface area contributed by atoms with Crippen molar-refractivity contribution < 1.29 is 14.3 Å². The molecule has 3 rings (SSSR count). The van der Waals surface area contributed by atoms with Crippen LogP contribution in [0.4, 0.5) is 0 Å². The van der Waals surface area contributed by atoms with Crippen molar-refractivity contribution in [3.63, 3.8) is 0 Å². The van der Waals surface area contributed by atoms with E-state index in [1.807, 2.05) is 25.7 Å². The standard InChI is InChI=1S/C21H29ClN2O3/c1-21(2,3)18(20(26)24-11-4-5-12-24)23-19(25)15-7-6-8-16(17(15)22)27-13-14-9-10-14/h6-8,14,18H,4-5,9-13H2,1-3H3,(H,23,25)/t18-/m1/s1. The Labute approximate surface area is 166 Å². The molecule has 0 bridgehead atoms. The number of likely N-dealkylation sites (tertiary alicyclic amines) is 1. The van der Waals surface area contributed by atoms with Crippen molar-refractivity contribution in [3.8, 4) is 5.75 Å². The van der Waals surface area contributed by atoms with Crippen molar-refractivity contribution in [3.05, 3.63) is 28.8 Å². The molecule has 2 aliphatic rings. The summed E-state index contributed by atoms with van der Waals surface area (Å²) in [5, 5.41) is 3.23. The van der Waals surface area contributed by atoms with Gasteiger partial charge in [-0.1, -0.05) is 38.4 Å². The lowest BCUT2D eigenvalue weighted by atomic mass is 9.85. The monoisotopic (exact) mass is 392 g/mol. The maximum absolute atomic E-state index is 12.9. The van der Waals surface area contributed by atoms with Gasteiger partial charge in [-0.25, -0.2) is 0 Å². The van der Waals surface area contributed by atoms with E-state index >= 15 is 0 Å². The first-order valence-electron chi connectivity index (χ1n) is 9.78. The first-order valence-corrected chi connectivity index (χ1v) is 10.2. The van der Waals surface area contributed by atoms with Crippen LogP contribution in [0.1, 0.15) is 56.8 Å². The van der Waals surface area contributed by atoms with Crippen LogP contribution >= 0.6 is 11.6 Å². The largest absolute Gasteiger partial charge is 0.492 e. The van der Waals surface area contributed by atoms with Crippen molar-refractivity contribution in [2.24, 2.45) is 11.3 Å². The number of nitrogens with one attached hydrogen (secondary N) is 1. The van der Waals surface area contributed by atoms with Gasteiger partial charge in [0.25, 0.3) is 5.91 Å². The molecule has 1 saturated carbocycles. The molecule has 1 aliphatic heterocycles. The van der Waals surface area contributed by atoms with E-state index in [4.69, 9.17) is 16.3 Å². The summed E-state index contributed by atoms with van der Waals surface area (Å²) in [7, 11) is 0. The molecule has 6 heteroatoms. The summed E-state index contributed by atoms with van der Waals surface area (Å²) in [4.78, 5) is 27.7.